The summed E-state index contributed by atoms with van der Waals surface area (Å²) in [5, 5.41) is 0. The van der Waals surface area contributed by atoms with Crippen LogP contribution in [-0.2, 0) is 0 Å². The largest absolute Gasteiger partial charge is 0.489 e. The third kappa shape index (κ3) is 4.89. The van der Waals surface area contributed by atoms with Crippen molar-refractivity contribution in [1.29, 1.82) is 0 Å². The summed E-state index contributed by atoms with van der Waals surface area (Å²) in [6.45, 7) is 13.8. The molecule has 0 bridgehead atoms. The minimum Gasteiger partial charge on any atom is -0.489 e. The van der Waals surface area contributed by atoms with Crippen LogP contribution in [0.2, 0.25) is 0 Å². The average Bonchev–Trinajstić information content (AvgIpc) is 2.58. The van der Waals surface area contributed by atoms with Gasteiger partial charge in [0.2, 0.25) is 0 Å². The summed E-state index contributed by atoms with van der Waals surface area (Å²) in [6, 6.07) is 14.4. The predicted octanol–water partition coefficient (Wildman–Crippen LogP) is 6.07. The first-order valence-electron chi connectivity index (χ1n) is 8.62. The molecule has 0 radical (unpaired) electrons. The average molecular weight is 324 g/mol. The molecular weight excluding hydrogens is 296 g/mol. The van der Waals surface area contributed by atoms with Crippen molar-refractivity contribution < 1.29 is 9.47 Å². The van der Waals surface area contributed by atoms with E-state index in [0.29, 0.717) is 25.0 Å². The molecule has 0 atom stereocenters. The van der Waals surface area contributed by atoms with Crippen LogP contribution < -0.4 is 9.47 Å². The van der Waals surface area contributed by atoms with Crippen LogP contribution in [0.3, 0.4) is 0 Å². The van der Waals surface area contributed by atoms with E-state index in [9.17, 15) is 0 Å². The van der Waals surface area contributed by atoms with Crippen LogP contribution in [0, 0.1) is 11.8 Å². The summed E-state index contributed by atoms with van der Waals surface area (Å²) >= 11 is 0. The molecule has 2 heteroatoms. The highest BCUT2D eigenvalue weighted by Crippen LogP contribution is 2.35. The third-order valence-corrected chi connectivity index (χ3v) is 3.58. The van der Waals surface area contributed by atoms with E-state index in [4.69, 9.17) is 9.47 Å². The molecule has 0 unspecified atom stereocenters. The second-order valence-corrected chi connectivity index (χ2v) is 6.86. The van der Waals surface area contributed by atoms with Gasteiger partial charge in [0.05, 0.1) is 13.2 Å². The van der Waals surface area contributed by atoms with E-state index in [2.05, 4.69) is 58.5 Å². The SMILES string of the molecule is C=Cc1ccccc1-c1ccc(OCC(C)C)c(OCC(C)C)c1. The van der Waals surface area contributed by atoms with Crippen molar-refractivity contribution in [2.24, 2.45) is 11.8 Å². The number of rotatable bonds is 8. The Labute approximate surface area is 146 Å². The molecule has 128 valence electrons. The van der Waals surface area contributed by atoms with Gasteiger partial charge in [-0.15, -0.1) is 0 Å². The molecule has 2 aromatic carbocycles. The first-order valence-corrected chi connectivity index (χ1v) is 8.62. The lowest BCUT2D eigenvalue weighted by molar-refractivity contribution is 0.229. The highest BCUT2D eigenvalue weighted by Gasteiger charge is 2.11. The summed E-state index contributed by atoms with van der Waals surface area (Å²) < 4.78 is 11.9. The van der Waals surface area contributed by atoms with Crippen LogP contribution >= 0.6 is 0 Å². The van der Waals surface area contributed by atoms with E-state index in [1.807, 2.05) is 24.3 Å². The van der Waals surface area contributed by atoms with E-state index in [-0.39, 0.29) is 0 Å². The minimum absolute atomic E-state index is 0.465. The van der Waals surface area contributed by atoms with Crippen molar-refractivity contribution in [1.82, 2.24) is 0 Å². The second-order valence-electron chi connectivity index (χ2n) is 6.86. The quantitative estimate of drug-likeness (QED) is 0.587. The van der Waals surface area contributed by atoms with Gasteiger partial charge in [-0.3, -0.25) is 0 Å². The van der Waals surface area contributed by atoms with Gasteiger partial charge in [-0.25, -0.2) is 0 Å². The molecule has 0 amide bonds. The molecular formula is C22H28O2. The number of ether oxygens (including phenoxy) is 2. The summed E-state index contributed by atoms with van der Waals surface area (Å²) in [6.07, 6.45) is 1.88. The molecule has 0 aliphatic rings. The first-order chi connectivity index (χ1) is 11.5. The van der Waals surface area contributed by atoms with E-state index in [1.165, 1.54) is 0 Å². The first kappa shape index (κ1) is 18.1. The van der Waals surface area contributed by atoms with Crippen LogP contribution in [-0.4, -0.2) is 13.2 Å². The molecule has 0 aliphatic carbocycles. The van der Waals surface area contributed by atoms with Gasteiger partial charge in [-0.05, 0) is 40.7 Å². The van der Waals surface area contributed by atoms with Gasteiger partial charge in [-0.2, -0.15) is 0 Å². The maximum absolute atomic E-state index is 6.02. The van der Waals surface area contributed by atoms with Gasteiger partial charge in [0.1, 0.15) is 0 Å². The highest BCUT2D eigenvalue weighted by atomic mass is 16.5. The van der Waals surface area contributed by atoms with Crippen LogP contribution in [0.5, 0.6) is 11.5 Å². The molecule has 0 fully saturated rings. The van der Waals surface area contributed by atoms with Crippen molar-refractivity contribution in [3.8, 4) is 22.6 Å². The summed E-state index contributed by atoms with van der Waals surface area (Å²) in [5.74, 6) is 2.56. The highest BCUT2D eigenvalue weighted by molar-refractivity contribution is 5.76. The molecule has 0 aromatic heterocycles. The zero-order valence-electron chi connectivity index (χ0n) is 15.2. The number of benzene rings is 2. The second kappa shape index (κ2) is 8.58. The maximum Gasteiger partial charge on any atom is 0.161 e. The Morgan fingerprint density at radius 2 is 1.50 bits per heavy atom. The number of hydrogen-bond acceptors (Lipinski definition) is 2. The monoisotopic (exact) mass is 324 g/mol. The maximum atomic E-state index is 6.02. The smallest absolute Gasteiger partial charge is 0.161 e. The lowest BCUT2D eigenvalue weighted by atomic mass is 9.99. The van der Waals surface area contributed by atoms with Gasteiger partial charge in [-0.1, -0.05) is 70.7 Å². The number of hydrogen-bond donors (Lipinski definition) is 0. The zero-order valence-corrected chi connectivity index (χ0v) is 15.2. The zero-order chi connectivity index (χ0) is 17.5. The minimum atomic E-state index is 0.465. The molecule has 0 saturated heterocycles. The van der Waals surface area contributed by atoms with E-state index < -0.39 is 0 Å². The van der Waals surface area contributed by atoms with Crippen molar-refractivity contribution in [3.05, 3.63) is 54.6 Å². The summed E-state index contributed by atoms with van der Waals surface area (Å²) in [5.41, 5.74) is 3.38. The van der Waals surface area contributed by atoms with Gasteiger partial charge in [0.25, 0.3) is 0 Å². The molecule has 2 aromatic rings. The Bertz CT molecular complexity index is 671. The van der Waals surface area contributed by atoms with Crippen molar-refractivity contribution in [2.45, 2.75) is 27.7 Å². The van der Waals surface area contributed by atoms with Gasteiger partial charge >= 0.3 is 0 Å². The molecule has 0 spiro atoms. The normalized spacial score (nSPS) is 10.9. The Morgan fingerprint density at radius 1 is 0.875 bits per heavy atom. The molecule has 24 heavy (non-hydrogen) atoms. The van der Waals surface area contributed by atoms with Gasteiger partial charge in [0, 0.05) is 0 Å². The Morgan fingerprint density at radius 3 is 2.12 bits per heavy atom. The van der Waals surface area contributed by atoms with Crippen molar-refractivity contribution in [3.63, 3.8) is 0 Å². The van der Waals surface area contributed by atoms with Crippen LogP contribution in [0.1, 0.15) is 33.3 Å². The lowest BCUT2D eigenvalue weighted by Crippen LogP contribution is -2.09. The Balaban J connectivity index is 2.36. The van der Waals surface area contributed by atoms with E-state index in [1.54, 1.807) is 0 Å². The Hall–Kier alpha value is -2.22. The molecule has 0 saturated carbocycles. The van der Waals surface area contributed by atoms with Crippen LogP contribution in [0.25, 0.3) is 17.2 Å². The fourth-order valence-electron chi connectivity index (χ4n) is 2.36. The van der Waals surface area contributed by atoms with Crippen LogP contribution in [0.15, 0.2) is 49.0 Å². The molecule has 2 nitrogen and oxygen atoms in total. The molecule has 0 heterocycles. The Kier molecular flexibility index (Phi) is 6.48. The fraction of sp³-hybridized carbons (Fsp3) is 0.364. The van der Waals surface area contributed by atoms with E-state index in [0.717, 1.165) is 28.2 Å². The summed E-state index contributed by atoms with van der Waals surface area (Å²) in [4.78, 5) is 0. The van der Waals surface area contributed by atoms with Gasteiger partial charge in [0.15, 0.2) is 11.5 Å². The van der Waals surface area contributed by atoms with Crippen molar-refractivity contribution >= 4 is 6.08 Å². The topological polar surface area (TPSA) is 18.5 Å². The van der Waals surface area contributed by atoms with Crippen molar-refractivity contribution in [2.75, 3.05) is 13.2 Å². The molecule has 0 aliphatic heterocycles. The molecule has 0 N–H and O–H groups in total. The third-order valence-electron chi connectivity index (χ3n) is 3.58. The summed E-state index contributed by atoms with van der Waals surface area (Å²) in [7, 11) is 0. The fourth-order valence-corrected chi connectivity index (χ4v) is 2.36. The predicted molar refractivity (Wildman–Crippen MR) is 103 cm³/mol. The van der Waals surface area contributed by atoms with E-state index >= 15 is 0 Å². The standard InChI is InChI=1S/C22H28O2/c1-6-18-9-7-8-10-20(18)19-11-12-21(23-14-16(2)3)22(13-19)24-15-17(4)5/h6-13,16-17H,1,14-15H2,2-5H3. The molecule has 2 rings (SSSR count). The van der Waals surface area contributed by atoms with Gasteiger partial charge < -0.3 is 9.47 Å². The lowest BCUT2D eigenvalue weighted by Gasteiger charge is -2.17. The van der Waals surface area contributed by atoms with Crippen LogP contribution in [0.4, 0.5) is 0 Å².